The smallest absolute Gasteiger partial charge is 0.307 e. The minimum atomic E-state index is -0.831. The fourth-order valence-corrected chi connectivity index (χ4v) is 1.78. The van der Waals surface area contributed by atoms with Gasteiger partial charge in [-0.2, -0.15) is 0 Å². The fraction of sp³-hybridized carbons (Fsp3) is 0. The highest BCUT2D eigenvalue weighted by atomic mass is 32.1. The van der Waals surface area contributed by atoms with E-state index in [0.29, 0.717) is 11.3 Å². The number of rotatable bonds is 2. The summed E-state index contributed by atoms with van der Waals surface area (Å²) in [5.74, 6) is -0.911. The lowest BCUT2D eigenvalue weighted by atomic mass is 10.1. The Kier molecular flexibility index (Phi) is 2.97. The van der Waals surface area contributed by atoms with Crippen LogP contribution < -0.4 is 10.3 Å². The van der Waals surface area contributed by atoms with Crippen molar-refractivity contribution >= 4 is 17.1 Å². The number of H-pyrrole nitrogens is 1. The van der Waals surface area contributed by atoms with Crippen LogP contribution in [0, 0.1) is 5.82 Å². The van der Waals surface area contributed by atoms with Crippen LogP contribution in [-0.2, 0) is 0 Å². The zero-order valence-electron chi connectivity index (χ0n) is 8.40. The van der Waals surface area contributed by atoms with E-state index >= 15 is 0 Å². The zero-order valence-corrected chi connectivity index (χ0v) is 9.21. The quantitative estimate of drug-likeness (QED) is 0.643. The van der Waals surface area contributed by atoms with Gasteiger partial charge in [0.05, 0.1) is 5.69 Å². The summed E-state index contributed by atoms with van der Waals surface area (Å²) in [6.45, 7) is 0. The summed E-state index contributed by atoms with van der Waals surface area (Å²) in [5.41, 5.74) is -0.568. The van der Waals surface area contributed by atoms with Crippen molar-refractivity contribution in [1.29, 1.82) is 0 Å². The molecule has 4 nitrogen and oxygen atoms in total. The average Bonchev–Trinajstić information content (AvgIpc) is 2.33. The molecule has 0 aliphatic rings. The van der Waals surface area contributed by atoms with Gasteiger partial charge in [0.25, 0.3) is 4.74 Å². The predicted molar refractivity (Wildman–Crippen MR) is 61.0 cm³/mol. The van der Waals surface area contributed by atoms with E-state index in [4.69, 9.17) is 0 Å². The molecule has 86 valence electrons. The van der Waals surface area contributed by atoms with Crippen LogP contribution in [0.5, 0.6) is 0 Å². The highest BCUT2D eigenvalue weighted by molar-refractivity contribution is 7.07. The molecule has 1 heterocycles. The van der Waals surface area contributed by atoms with Gasteiger partial charge < -0.3 is 4.98 Å². The highest BCUT2D eigenvalue weighted by Crippen LogP contribution is 2.08. The van der Waals surface area contributed by atoms with Crippen LogP contribution in [0.4, 0.5) is 4.39 Å². The predicted octanol–water partition coefficient (Wildman–Crippen LogP) is 1.17. The topological polar surface area (TPSA) is 67.0 Å². The van der Waals surface area contributed by atoms with E-state index in [9.17, 15) is 18.8 Å². The molecule has 0 spiro atoms. The second kappa shape index (κ2) is 4.42. The van der Waals surface area contributed by atoms with E-state index in [-0.39, 0.29) is 11.3 Å². The molecule has 0 bridgehead atoms. The molecule has 0 saturated heterocycles. The second-order valence-electron chi connectivity index (χ2n) is 3.23. The summed E-state index contributed by atoms with van der Waals surface area (Å²) in [5, 5.41) is 1.27. The van der Waals surface area contributed by atoms with Gasteiger partial charge in [-0.05, 0) is 24.3 Å². The number of hydrogen-bond acceptors (Lipinski definition) is 4. The van der Waals surface area contributed by atoms with Gasteiger partial charge in [0.15, 0.2) is 0 Å². The SMILES string of the molecule is O=C(c1ccc(F)cc1)c1csc(=O)c(=O)[nH]1. The summed E-state index contributed by atoms with van der Waals surface area (Å²) in [6.07, 6.45) is 0. The monoisotopic (exact) mass is 251 g/mol. The first-order valence-electron chi connectivity index (χ1n) is 4.60. The lowest BCUT2D eigenvalue weighted by Gasteiger charge is -1.99. The Bertz CT molecular complexity index is 672. The molecule has 0 aliphatic heterocycles. The standard InChI is InChI=1S/C11H6FNO3S/c12-7-3-1-6(2-4-7)9(14)8-5-17-11(16)10(15)13-8/h1-5H,(H,13,15). The number of aromatic amines is 1. The Morgan fingerprint density at radius 2 is 1.82 bits per heavy atom. The molecule has 1 aromatic heterocycles. The molecule has 2 rings (SSSR count). The largest absolute Gasteiger partial charge is 0.314 e. The van der Waals surface area contributed by atoms with Crippen molar-refractivity contribution in [2.45, 2.75) is 0 Å². The van der Waals surface area contributed by atoms with Crippen LogP contribution in [0.3, 0.4) is 0 Å². The van der Waals surface area contributed by atoms with Crippen molar-refractivity contribution in [3.8, 4) is 0 Å². The van der Waals surface area contributed by atoms with Crippen molar-refractivity contribution in [1.82, 2.24) is 4.98 Å². The lowest BCUT2D eigenvalue weighted by Crippen LogP contribution is -2.25. The number of nitrogens with one attached hydrogen (secondary N) is 1. The van der Waals surface area contributed by atoms with Gasteiger partial charge in [-0.1, -0.05) is 11.3 Å². The van der Waals surface area contributed by atoms with E-state index in [2.05, 4.69) is 4.98 Å². The molecule has 0 radical (unpaired) electrons. The number of aromatic nitrogens is 1. The maximum Gasteiger partial charge on any atom is 0.307 e. The van der Waals surface area contributed by atoms with Crippen LogP contribution in [0.15, 0.2) is 39.2 Å². The minimum Gasteiger partial charge on any atom is -0.314 e. The molecular formula is C11H6FNO3S. The third-order valence-corrected chi connectivity index (χ3v) is 2.82. The van der Waals surface area contributed by atoms with Gasteiger partial charge in [-0.3, -0.25) is 14.4 Å². The van der Waals surface area contributed by atoms with Crippen molar-refractivity contribution in [2.24, 2.45) is 0 Å². The molecule has 1 N–H and O–H groups in total. The number of halogens is 1. The molecule has 0 fully saturated rings. The van der Waals surface area contributed by atoms with Crippen LogP contribution in [0.1, 0.15) is 16.1 Å². The summed E-state index contributed by atoms with van der Waals surface area (Å²) in [7, 11) is 0. The molecule has 2 aromatic rings. The van der Waals surface area contributed by atoms with Crippen LogP contribution in [-0.4, -0.2) is 10.8 Å². The van der Waals surface area contributed by atoms with Crippen LogP contribution in [0.25, 0.3) is 0 Å². The van der Waals surface area contributed by atoms with E-state index in [1.165, 1.54) is 17.5 Å². The van der Waals surface area contributed by atoms with E-state index in [1.807, 2.05) is 0 Å². The van der Waals surface area contributed by atoms with E-state index in [1.54, 1.807) is 0 Å². The van der Waals surface area contributed by atoms with Crippen LogP contribution in [0.2, 0.25) is 0 Å². The average molecular weight is 251 g/mol. The molecule has 6 heteroatoms. The molecular weight excluding hydrogens is 245 g/mol. The first-order valence-corrected chi connectivity index (χ1v) is 5.48. The summed E-state index contributed by atoms with van der Waals surface area (Å²) in [6, 6.07) is 4.92. The van der Waals surface area contributed by atoms with Gasteiger partial charge >= 0.3 is 5.56 Å². The maximum absolute atomic E-state index is 12.7. The van der Waals surface area contributed by atoms with Gasteiger partial charge in [-0.15, -0.1) is 0 Å². The molecule has 0 amide bonds. The van der Waals surface area contributed by atoms with Gasteiger partial charge in [-0.25, -0.2) is 4.39 Å². The van der Waals surface area contributed by atoms with Crippen molar-refractivity contribution < 1.29 is 9.18 Å². The summed E-state index contributed by atoms with van der Waals surface area (Å²) >= 11 is 0.653. The normalized spacial score (nSPS) is 10.2. The minimum absolute atomic E-state index is 0.0196. The molecule has 0 aliphatic carbocycles. The molecule has 17 heavy (non-hydrogen) atoms. The van der Waals surface area contributed by atoms with Crippen molar-refractivity contribution in [3.63, 3.8) is 0 Å². The van der Waals surface area contributed by atoms with Gasteiger partial charge in [0.1, 0.15) is 5.82 Å². The molecule has 0 saturated carbocycles. The summed E-state index contributed by atoms with van der Waals surface area (Å²) < 4.78 is 12.0. The molecule has 0 atom stereocenters. The zero-order chi connectivity index (χ0) is 12.4. The first-order chi connectivity index (χ1) is 8.08. The third-order valence-electron chi connectivity index (χ3n) is 2.07. The highest BCUT2D eigenvalue weighted by Gasteiger charge is 2.10. The Morgan fingerprint density at radius 3 is 2.41 bits per heavy atom. The van der Waals surface area contributed by atoms with Gasteiger partial charge in [0.2, 0.25) is 5.78 Å². The third kappa shape index (κ3) is 2.36. The second-order valence-corrected chi connectivity index (χ2v) is 4.07. The fourth-order valence-electron chi connectivity index (χ4n) is 1.24. The number of carbonyl (C=O) groups is 1. The molecule has 0 unspecified atom stereocenters. The first kappa shape index (κ1) is 11.4. The number of ketones is 1. The Labute approximate surface area is 98.4 Å². The molecule has 1 aromatic carbocycles. The maximum atomic E-state index is 12.7. The van der Waals surface area contributed by atoms with E-state index in [0.717, 1.165) is 12.1 Å². The lowest BCUT2D eigenvalue weighted by molar-refractivity contribution is 0.103. The summed E-state index contributed by atoms with van der Waals surface area (Å²) in [4.78, 5) is 36.0. The van der Waals surface area contributed by atoms with Crippen molar-refractivity contribution in [3.05, 3.63) is 66.6 Å². The number of hydrogen-bond donors (Lipinski definition) is 1. The Morgan fingerprint density at radius 1 is 1.18 bits per heavy atom. The van der Waals surface area contributed by atoms with Gasteiger partial charge in [0, 0.05) is 10.9 Å². The Hall–Kier alpha value is -2.08. The van der Waals surface area contributed by atoms with E-state index < -0.39 is 21.9 Å². The Balaban J connectivity index is 2.43. The van der Waals surface area contributed by atoms with Crippen LogP contribution >= 0.6 is 11.3 Å². The number of carbonyl (C=O) groups excluding carboxylic acids is 1. The number of benzene rings is 1. The van der Waals surface area contributed by atoms with Crippen molar-refractivity contribution in [2.75, 3.05) is 0 Å².